The molecule has 0 aromatic heterocycles. The lowest BCUT2D eigenvalue weighted by Gasteiger charge is -2.50. The van der Waals surface area contributed by atoms with Gasteiger partial charge in [-0.1, -0.05) is 31.7 Å². The zero-order chi connectivity index (χ0) is 15.5. The molecule has 3 aliphatic carbocycles. The maximum Gasteiger partial charge on any atom is 0.0596 e. The normalized spacial score (nSPS) is 39.8. The zero-order valence-electron chi connectivity index (χ0n) is 13.9. The Kier molecular flexibility index (Phi) is 3.27. The second kappa shape index (κ2) is 4.96. The van der Waals surface area contributed by atoms with E-state index in [0.717, 1.165) is 24.2 Å². The molecule has 2 fully saturated rings. The van der Waals surface area contributed by atoms with E-state index in [2.05, 4.69) is 32.6 Å². The van der Waals surface area contributed by atoms with Crippen molar-refractivity contribution in [2.24, 2.45) is 17.3 Å². The van der Waals surface area contributed by atoms with Crippen molar-refractivity contribution in [1.82, 2.24) is 0 Å². The molecule has 3 aliphatic rings. The Morgan fingerprint density at radius 1 is 1.23 bits per heavy atom. The van der Waals surface area contributed by atoms with E-state index in [4.69, 9.17) is 0 Å². The molecule has 5 atom stereocenters. The van der Waals surface area contributed by atoms with E-state index in [0.29, 0.717) is 0 Å². The standard InChI is InChI=1S/C21H28O/c1-4-14-12-15-5-6-17-16(18(15)11-13(14)2)9-10-21(3)19(17)7-8-20(21)22/h4,11-12,16-17,19-20,22H,1,5-10H2,2-3H3/t16?,17?,19?,20-,21-/m0/s1. The van der Waals surface area contributed by atoms with Crippen molar-refractivity contribution in [3.05, 3.63) is 41.0 Å². The third-order valence-electron chi connectivity index (χ3n) is 7.28. The molecule has 0 aliphatic heterocycles. The number of fused-ring (bicyclic) bond motifs is 5. The van der Waals surface area contributed by atoms with E-state index in [9.17, 15) is 5.11 Å². The molecule has 1 N–H and O–H groups in total. The fraction of sp³-hybridized carbons (Fsp3) is 0.619. The molecule has 0 spiro atoms. The molecule has 22 heavy (non-hydrogen) atoms. The summed E-state index contributed by atoms with van der Waals surface area (Å²) < 4.78 is 0. The van der Waals surface area contributed by atoms with E-state index in [1.54, 1.807) is 11.1 Å². The quantitative estimate of drug-likeness (QED) is 0.785. The second-order valence-corrected chi connectivity index (χ2v) is 8.16. The first kappa shape index (κ1) is 14.5. The molecule has 0 saturated heterocycles. The summed E-state index contributed by atoms with van der Waals surface area (Å²) in [7, 11) is 0. The van der Waals surface area contributed by atoms with Crippen molar-refractivity contribution in [2.45, 2.75) is 64.4 Å². The maximum absolute atomic E-state index is 10.5. The van der Waals surface area contributed by atoms with Gasteiger partial charge in [0.25, 0.3) is 0 Å². The van der Waals surface area contributed by atoms with Gasteiger partial charge in [-0.25, -0.2) is 0 Å². The summed E-state index contributed by atoms with van der Waals surface area (Å²) in [4.78, 5) is 0. The van der Waals surface area contributed by atoms with Gasteiger partial charge in [-0.05, 0) is 90.9 Å². The Balaban J connectivity index is 1.73. The lowest BCUT2D eigenvalue weighted by molar-refractivity contribution is -0.0226. The molecule has 3 unspecified atom stereocenters. The van der Waals surface area contributed by atoms with Crippen LogP contribution in [0.3, 0.4) is 0 Å². The van der Waals surface area contributed by atoms with Crippen LogP contribution >= 0.6 is 0 Å². The van der Waals surface area contributed by atoms with Crippen molar-refractivity contribution < 1.29 is 5.11 Å². The van der Waals surface area contributed by atoms with Gasteiger partial charge in [0.15, 0.2) is 0 Å². The van der Waals surface area contributed by atoms with Crippen LogP contribution in [0.5, 0.6) is 0 Å². The van der Waals surface area contributed by atoms with Crippen LogP contribution in [0.2, 0.25) is 0 Å². The van der Waals surface area contributed by atoms with Crippen LogP contribution in [0.15, 0.2) is 18.7 Å². The molecule has 118 valence electrons. The van der Waals surface area contributed by atoms with Gasteiger partial charge in [-0.2, -0.15) is 0 Å². The Morgan fingerprint density at radius 3 is 2.82 bits per heavy atom. The summed E-state index contributed by atoms with van der Waals surface area (Å²) in [5, 5.41) is 10.5. The van der Waals surface area contributed by atoms with E-state index in [1.165, 1.54) is 43.2 Å². The maximum atomic E-state index is 10.5. The molecule has 1 aromatic rings. The first-order valence-electron chi connectivity index (χ1n) is 8.98. The highest BCUT2D eigenvalue weighted by Gasteiger charge is 2.54. The zero-order valence-corrected chi connectivity index (χ0v) is 13.9. The van der Waals surface area contributed by atoms with E-state index < -0.39 is 0 Å². The van der Waals surface area contributed by atoms with Gasteiger partial charge < -0.3 is 5.11 Å². The molecule has 0 heterocycles. The van der Waals surface area contributed by atoms with Gasteiger partial charge in [0.1, 0.15) is 0 Å². The van der Waals surface area contributed by atoms with E-state index in [-0.39, 0.29) is 11.5 Å². The number of hydrogen-bond donors (Lipinski definition) is 1. The van der Waals surface area contributed by atoms with Crippen molar-refractivity contribution in [1.29, 1.82) is 0 Å². The monoisotopic (exact) mass is 296 g/mol. The Bertz CT molecular complexity index is 617. The average Bonchev–Trinajstić information content (AvgIpc) is 2.82. The van der Waals surface area contributed by atoms with Crippen LogP contribution in [0, 0.1) is 24.2 Å². The van der Waals surface area contributed by atoms with Crippen molar-refractivity contribution in [3.8, 4) is 0 Å². The minimum absolute atomic E-state index is 0.0651. The largest absolute Gasteiger partial charge is 0.393 e. The summed E-state index contributed by atoms with van der Waals surface area (Å²) in [5.74, 6) is 2.25. The average molecular weight is 296 g/mol. The van der Waals surface area contributed by atoms with Gasteiger partial charge in [0, 0.05) is 0 Å². The highest BCUT2D eigenvalue weighted by atomic mass is 16.3. The molecule has 1 heteroatoms. The van der Waals surface area contributed by atoms with E-state index in [1.807, 2.05) is 6.08 Å². The predicted molar refractivity (Wildman–Crippen MR) is 91.9 cm³/mol. The Labute approximate surface area is 134 Å². The molecule has 0 bridgehead atoms. The molecular weight excluding hydrogens is 268 g/mol. The molecule has 1 nitrogen and oxygen atoms in total. The van der Waals surface area contributed by atoms with Crippen LogP contribution in [-0.4, -0.2) is 11.2 Å². The number of rotatable bonds is 1. The number of hydrogen-bond acceptors (Lipinski definition) is 1. The summed E-state index contributed by atoms with van der Waals surface area (Å²) >= 11 is 0. The number of aliphatic hydroxyl groups is 1. The number of aliphatic hydroxyl groups excluding tert-OH is 1. The molecule has 0 amide bonds. The Hall–Kier alpha value is -1.08. The highest BCUT2D eigenvalue weighted by Crippen LogP contribution is 2.60. The predicted octanol–water partition coefficient (Wildman–Crippen LogP) is 4.86. The van der Waals surface area contributed by atoms with Crippen molar-refractivity contribution in [3.63, 3.8) is 0 Å². The van der Waals surface area contributed by atoms with Crippen LogP contribution in [-0.2, 0) is 6.42 Å². The highest BCUT2D eigenvalue weighted by molar-refractivity contribution is 5.56. The fourth-order valence-electron chi connectivity index (χ4n) is 5.95. The third kappa shape index (κ3) is 1.88. The summed E-state index contributed by atoms with van der Waals surface area (Å²) in [6.45, 7) is 8.53. The van der Waals surface area contributed by atoms with Gasteiger partial charge in [0.2, 0.25) is 0 Å². The first-order chi connectivity index (χ1) is 10.5. The number of benzene rings is 1. The van der Waals surface area contributed by atoms with Gasteiger partial charge in [-0.15, -0.1) is 0 Å². The summed E-state index contributed by atoms with van der Waals surface area (Å²) in [5.41, 5.74) is 6.03. The SMILES string of the molecule is C=Cc1cc2c(cc1C)C1CC[C@@]3(C)C(CC[C@@H]3O)C1CC2. The van der Waals surface area contributed by atoms with Crippen molar-refractivity contribution in [2.75, 3.05) is 0 Å². The lowest BCUT2D eigenvalue weighted by atomic mass is 9.55. The molecule has 1 aromatic carbocycles. The fourth-order valence-corrected chi connectivity index (χ4v) is 5.95. The molecule has 0 radical (unpaired) electrons. The van der Waals surface area contributed by atoms with Crippen LogP contribution < -0.4 is 0 Å². The van der Waals surface area contributed by atoms with Gasteiger partial charge >= 0.3 is 0 Å². The topological polar surface area (TPSA) is 20.2 Å². The summed E-state index contributed by atoms with van der Waals surface area (Å²) in [6, 6.07) is 4.82. The smallest absolute Gasteiger partial charge is 0.0596 e. The van der Waals surface area contributed by atoms with E-state index >= 15 is 0 Å². The molecule has 2 saturated carbocycles. The van der Waals surface area contributed by atoms with Gasteiger partial charge in [-0.3, -0.25) is 0 Å². The second-order valence-electron chi connectivity index (χ2n) is 8.16. The van der Waals surface area contributed by atoms with Crippen molar-refractivity contribution >= 4 is 6.08 Å². The summed E-state index contributed by atoms with van der Waals surface area (Å²) in [6.07, 6.45) is 9.15. The lowest BCUT2D eigenvalue weighted by Crippen LogP contribution is -2.43. The first-order valence-corrected chi connectivity index (χ1v) is 8.98. The minimum Gasteiger partial charge on any atom is -0.393 e. The van der Waals surface area contributed by atoms with Gasteiger partial charge in [0.05, 0.1) is 6.10 Å². The Morgan fingerprint density at radius 2 is 2.05 bits per heavy atom. The third-order valence-corrected chi connectivity index (χ3v) is 7.28. The minimum atomic E-state index is -0.0651. The molecule has 4 rings (SSSR count). The number of aryl methyl sites for hydroxylation is 2. The van der Waals surface area contributed by atoms with Crippen LogP contribution in [0.25, 0.3) is 6.08 Å². The molecular formula is C21H28O. The van der Waals surface area contributed by atoms with Crippen LogP contribution in [0.4, 0.5) is 0 Å². The van der Waals surface area contributed by atoms with Crippen LogP contribution in [0.1, 0.15) is 67.2 Å².